The highest BCUT2D eigenvalue weighted by Gasteiger charge is 1.98. The highest BCUT2D eigenvalue weighted by molar-refractivity contribution is 5.22. The van der Waals surface area contributed by atoms with Gasteiger partial charge in [-0.25, -0.2) is 0 Å². The average molecular weight is 239 g/mol. The van der Waals surface area contributed by atoms with Gasteiger partial charge in [-0.05, 0) is 38.7 Å². The molecule has 0 unspecified atom stereocenters. The van der Waals surface area contributed by atoms with Gasteiger partial charge in [-0.3, -0.25) is 0 Å². The molecule has 0 aliphatic carbocycles. The Balaban J connectivity index is -0.000000213. The third-order valence-corrected chi connectivity index (χ3v) is 1.95. The number of hydrogen-bond acceptors (Lipinski definition) is 1. The normalized spacial score (nSPS) is 9.59. The standard InChI is InChI=1S/C9H16.C5H11N.C2H6/c1-6-9(7(2)3)8(4)5;1-3-4-5(2)6;1-2/h6-7H,1H2,2-5H3;4H,3,6H2,1-2H3;1-2H3/b;5-4-;. The molecule has 0 aliphatic heterocycles. The molecule has 2 N–H and O–H groups in total. The van der Waals surface area contributed by atoms with Crippen molar-refractivity contribution >= 4 is 0 Å². The van der Waals surface area contributed by atoms with Gasteiger partial charge in [0.25, 0.3) is 0 Å². The quantitative estimate of drug-likeness (QED) is 0.651. The Bertz CT molecular complexity index is 224. The molecule has 0 radical (unpaired) electrons. The van der Waals surface area contributed by atoms with E-state index in [9.17, 15) is 0 Å². The molecule has 0 rings (SSSR count). The summed E-state index contributed by atoms with van der Waals surface area (Å²) in [5.74, 6) is 0.618. The van der Waals surface area contributed by atoms with Crippen molar-refractivity contribution in [1.82, 2.24) is 0 Å². The van der Waals surface area contributed by atoms with Gasteiger partial charge in [-0.15, -0.1) is 0 Å². The Morgan fingerprint density at radius 2 is 1.59 bits per heavy atom. The van der Waals surface area contributed by atoms with Crippen LogP contribution in [-0.2, 0) is 0 Å². The second kappa shape index (κ2) is 15.0. The van der Waals surface area contributed by atoms with Gasteiger partial charge < -0.3 is 5.73 Å². The predicted molar refractivity (Wildman–Crippen MR) is 83.0 cm³/mol. The first kappa shape index (κ1) is 21.3. The third-order valence-electron chi connectivity index (χ3n) is 1.95. The molecule has 0 amide bonds. The minimum atomic E-state index is 0.618. The van der Waals surface area contributed by atoms with Crippen molar-refractivity contribution in [1.29, 1.82) is 0 Å². The zero-order chi connectivity index (χ0) is 14.4. The molecule has 0 bridgehead atoms. The molecule has 102 valence electrons. The Morgan fingerprint density at radius 1 is 1.18 bits per heavy atom. The number of nitrogens with two attached hydrogens (primary N) is 1. The molecule has 0 saturated heterocycles. The van der Waals surface area contributed by atoms with E-state index in [0.717, 1.165) is 12.1 Å². The SMILES string of the molecule is C=CC(=C(C)C)C(C)C.CC.CC/C=C(/C)N. The van der Waals surface area contributed by atoms with E-state index in [2.05, 4.69) is 41.2 Å². The van der Waals surface area contributed by atoms with Crippen LogP contribution in [0, 0.1) is 5.92 Å². The minimum Gasteiger partial charge on any atom is -0.403 e. The Hall–Kier alpha value is -0.980. The van der Waals surface area contributed by atoms with Gasteiger partial charge >= 0.3 is 0 Å². The molecule has 0 aromatic rings. The van der Waals surface area contributed by atoms with Crippen molar-refractivity contribution in [2.24, 2.45) is 11.7 Å². The zero-order valence-corrected chi connectivity index (χ0v) is 13.2. The van der Waals surface area contributed by atoms with Crippen LogP contribution in [0.2, 0.25) is 0 Å². The number of hydrogen-bond donors (Lipinski definition) is 1. The second-order valence-corrected chi connectivity index (χ2v) is 4.17. The van der Waals surface area contributed by atoms with Crippen LogP contribution in [0.25, 0.3) is 0 Å². The zero-order valence-electron chi connectivity index (χ0n) is 13.2. The van der Waals surface area contributed by atoms with Crippen LogP contribution < -0.4 is 5.73 Å². The van der Waals surface area contributed by atoms with Crippen molar-refractivity contribution in [2.45, 2.75) is 61.8 Å². The molecule has 0 heterocycles. The highest BCUT2D eigenvalue weighted by atomic mass is 14.5. The highest BCUT2D eigenvalue weighted by Crippen LogP contribution is 2.14. The monoisotopic (exact) mass is 239 g/mol. The average Bonchev–Trinajstić information content (AvgIpc) is 2.21. The van der Waals surface area contributed by atoms with Gasteiger partial charge in [-0.2, -0.15) is 0 Å². The fourth-order valence-corrected chi connectivity index (χ4v) is 1.34. The van der Waals surface area contributed by atoms with Crippen molar-refractivity contribution in [3.63, 3.8) is 0 Å². The maximum absolute atomic E-state index is 5.26. The van der Waals surface area contributed by atoms with E-state index in [1.54, 1.807) is 0 Å². The van der Waals surface area contributed by atoms with Crippen molar-refractivity contribution in [3.8, 4) is 0 Å². The second-order valence-electron chi connectivity index (χ2n) is 4.17. The summed E-state index contributed by atoms with van der Waals surface area (Å²) in [5.41, 5.74) is 8.92. The van der Waals surface area contributed by atoms with Crippen molar-refractivity contribution in [2.75, 3.05) is 0 Å². The van der Waals surface area contributed by atoms with Crippen LogP contribution in [0.5, 0.6) is 0 Å². The maximum atomic E-state index is 5.26. The minimum absolute atomic E-state index is 0.618. The lowest BCUT2D eigenvalue weighted by atomic mass is 9.99. The maximum Gasteiger partial charge on any atom is 0.000822 e. The van der Waals surface area contributed by atoms with E-state index in [1.165, 1.54) is 11.1 Å². The summed E-state index contributed by atoms with van der Waals surface area (Å²) < 4.78 is 0. The van der Waals surface area contributed by atoms with E-state index in [1.807, 2.05) is 32.9 Å². The molecule has 1 nitrogen and oxygen atoms in total. The topological polar surface area (TPSA) is 26.0 Å². The largest absolute Gasteiger partial charge is 0.403 e. The summed E-state index contributed by atoms with van der Waals surface area (Å²) in [7, 11) is 0. The molecule has 0 spiro atoms. The first-order chi connectivity index (χ1) is 7.86. The predicted octanol–water partition coefficient (Wildman–Crippen LogP) is 5.45. The smallest absolute Gasteiger partial charge is 0.000822 e. The van der Waals surface area contributed by atoms with Gasteiger partial charge in [0.1, 0.15) is 0 Å². The van der Waals surface area contributed by atoms with Crippen LogP contribution in [-0.4, -0.2) is 0 Å². The van der Waals surface area contributed by atoms with Crippen LogP contribution >= 0.6 is 0 Å². The molecule has 0 saturated carbocycles. The summed E-state index contributed by atoms with van der Waals surface area (Å²) >= 11 is 0. The Morgan fingerprint density at radius 3 is 1.59 bits per heavy atom. The molecule has 17 heavy (non-hydrogen) atoms. The van der Waals surface area contributed by atoms with Crippen LogP contribution in [0.4, 0.5) is 0 Å². The molecule has 1 heteroatoms. The van der Waals surface area contributed by atoms with Gasteiger partial charge in [0.15, 0.2) is 0 Å². The van der Waals surface area contributed by atoms with Crippen molar-refractivity contribution < 1.29 is 0 Å². The van der Waals surface area contributed by atoms with Gasteiger partial charge in [0, 0.05) is 5.70 Å². The van der Waals surface area contributed by atoms with E-state index >= 15 is 0 Å². The van der Waals surface area contributed by atoms with Gasteiger partial charge in [0.05, 0.1) is 0 Å². The molecule has 0 atom stereocenters. The molecule has 0 aromatic carbocycles. The van der Waals surface area contributed by atoms with E-state index < -0.39 is 0 Å². The summed E-state index contributed by atoms with van der Waals surface area (Å²) in [6, 6.07) is 0. The van der Waals surface area contributed by atoms with E-state index in [-0.39, 0.29) is 0 Å². The summed E-state index contributed by atoms with van der Waals surface area (Å²) in [4.78, 5) is 0. The Kier molecular flexibility index (Phi) is 18.8. The van der Waals surface area contributed by atoms with Crippen LogP contribution in [0.3, 0.4) is 0 Å². The first-order valence-corrected chi connectivity index (χ1v) is 6.58. The third kappa shape index (κ3) is 17.6. The fourth-order valence-electron chi connectivity index (χ4n) is 1.34. The summed E-state index contributed by atoms with van der Waals surface area (Å²) in [6.07, 6.45) is 4.97. The molecular formula is C16H33N. The fraction of sp³-hybridized carbons (Fsp3) is 0.625. The molecular weight excluding hydrogens is 206 g/mol. The summed E-state index contributed by atoms with van der Waals surface area (Å²) in [6.45, 7) is 20.3. The number of rotatable bonds is 3. The lowest BCUT2D eigenvalue weighted by molar-refractivity contribution is 0.780. The lowest BCUT2D eigenvalue weighted by Crippen LogP contribution is -1.91. The van der Waals surface area contributed by atoms with Gasteiger partial charge in [0.2, 0.25) is 0 Å². The molecule has 0 aliphatic rings. The number of allylic oxidation sites excluding steroid dienone is 5. The van der Waals surface area contributed by atoms with Crippen LogP contribution in [0.15, 0.2) is 35.6 Å². The molecule has 0 aromatic heterocycles. The van der Waals surface area contributed by atoms with E-state index in [4.69, 9.17) is 5.73 Å². The summed E-state index contributed by atoms with van der Waals surface area (Å²) in [5, 5.41) is 0. The van der Waals surface area contributed by atoms with Crippen molar-refractivity contribution in [3.05, 3.63) is 35.6 Å². The Labute approximate surface area is 109 Å². The lowest BCUT2D eigenvalue weighted by Gasteiger charge is -2.07. The first-order valence-electron chi connectivity index (χ1n) is 6.58. The molecule has 0 fully saturated rings. The van der Waals surface area contributed by atoms with E-state index in [0.29, 0.717) is 5.92 Å². The van der Waals surface area contributed by atoms with Gasteiger partial charge in [-0.1, -0.05) is 58.9 Å². The van der Waals surface area contributed by atoms with Crippen LogP contribution in [0.1, 0.15) is 61.8 Å².